The maximum absolute atomic E-state index is 13.8. The molecule has 0 saturated heterocycles. The fourth-order valence-electron chi connectivity index (χ4n) is 1.30. The van der Waals surface area contributed by atoms with Crippen molar-refractivity contribution in [2.45, 2.75) is 48.1 Å². The van der Waals surface area contributed by atoms with Gasteiger partial charge in [-0.15, -0.1) is 22.2 Å². The third-order valence-corrected chi connectivity index (χ3v) is 5.32. The molecule has 0 aliphatic heterocycles. The Labute approximate surface area is 133 Å². The van der Waals surface area contributed by atoms with Gasteiger partial charge in [-0.25, -0.2) is 8.78 Å². The molecule has 0 spiro atoms. The van der Waals surface area contributed by atoms with E-state index in [0.29, 0.717) is 0 Å². The molecule has 0 aliphatic carbocycles. The van der Waals surface area contributed by atoms with Crippen LogP contribution in [0.5, 0.6) is 0 Å². The molecule has 0 amide bonds. The van der Waals surface area contributed by atoms with Crippen LogP contribution in [0.15, 0.2) is 0 Å². The minimum Gasteiger partial charge on any atom is -0.227 e. The van der Waals surface area contributed by atoms with Gasteiger partial charge in [0, 0.05) is 0 Å². The van der Waals surface area contributed by atoms with Crippen LogP contribution < -0.4 is 0 Å². The van der Waals surface area contributed by atoms with Crippen LogP contribution in [0.4, 0.5) is 43.9 Å². The molecule has 14 heteroatoms. The van der Waals surface area contributed by atoms with Gasteiger partial charge in [0.25, 0.3) is 5.67 Å². The fraction of sp³-hybridized carbons (Fsp3) is 1.00. The Morgan fingerprint density at radius 1 is 0.773 bits per heavy atom. The summed E-state index contributed by atoms with van der Waals surface area (Å²) in [6.07, 6.45) is -15.5. The van der Waals surface area contributed by atoms with Crippen LogP contribution in [-0.2, 0) is 0 Å². The quantitative estimate of drug-likeness (QED) is 0.209. The molecule has 0 radical (unpaired) electrons. The van der Waals surface area contributed by atoms with Gasteiger partial charge in [-0.05, 0) is 19.0 Å². The molecule has 0 nitrogen and oxygen atoms in total. The lowest BCUT2D eigenvalue weighted by Gasteiger charge is -2.40. The molecule has 0 aliphatic rings. The molecule has 0 N–H and O–H groups in total. The summed E-state index contributed by atoms with van der Waals surface area (Å²) >= 11 is 14.5. The van der Waals surface area contributed by atoms with E-state index in [2.05, 4.69) is 11.6 Å². The van der Waals surface area contributed by atoms with Crippen molar-refractivity contribution < 1.29 is 43.9 Å². The van der Waals surface area contributed by atoms with Gasteiger partial charge in [0.1, 0.15) is 0 Å². The maximum atomic E-state index is 13.8. The summed E-state index contributed by atoms with van der Waals surface area (Å²) in [5.74, 6) is -6.68. The third-order valence-electron chi connectivity index (χ3n) is 2.61. The third kappa shape index (κ3) is 4.07. The maximum Gasteiger partial charge on any atom is 0.443 e. The highest BCUT2D eigenvalue weighted by Crippen LogP contribution is 2.59. The monoisotopic (exact) mass is 426 g/mol. The molecular weight excluding hydrogens is 421 g/mol. The average molecular weight is 428 g/mol. The number of hydrogen-bond donors (Lipinski definition) is 0. The van der Waals surface area contributed by atoms with Crippen molar-refractivity contribution in [2.75, 3.05) is 0 Å². The van der Waals surface area contributed by atoms with E-state index in [4.69, 9.17) is 22.2 Å². The average Bonchev–Trinajstić information content (AvgIpc) is 2.20. The van der Waals surface area contributed by atoms with E-state index in [1.165, 1.54) is 0 Å². The standard InChI is InChI=1S/C8H7Cl3F10Si/c1-22(10,11)3-2-4(12,7(16,17)18)6(14,15)5(9,13)8(19,20)21/h2-3H2,1H3. The zero-order valence-electron chi connectivity index (χ0n) is 10.3. The van der Waals surface area contributed by atoms with E-state index < -0.39 is 48.2 Å². The molecule has 0 aromatic carbocycles. The fourth-order valence-corrected chi connectivity index (χ4v) is 2.80. The largest absolute Gasteiger partial charge is 0.443 e. The highest BCUT2D eigenvalue weighted by atomic mass is 35.7. The van der Waals surface area contributed by atoms with Crippen molar-refractivity contribution in [1.29, 1.82) is 0 Å². The van der Waals surface area contributed by atoms with Gasteiger partial charge in [-0.3, -0.25) is 0 Å². The summed E-state index contributed by atoms with van der Waals surface area (Å²) in [6.45, 7) is -2.69. The molecule has 0 bridgehead atoms. The summed E-state index contributed by atoms with van der Waals surface area (Å²) in [4.78, 5) is 0. The van der Waals surface area contributed by atoms with Crippen molar-refractivity contribution in [3.63, 3.8) is 0 Å². The highest BCUT2D eigenvalue weighted by molar-refractivity contribution is 7.44. The van der Waals surface area contributed by atoms with Crippen LogP contribution in [-0.4, -0.2) is 35.8 Å². The lowest BCUT2D eigenvalue weighted by atomic mass is 9.89. The summed E-state index contributed by atoms with van der Waals surface area (Å²) in [6, 6.07) is -1.22. The zero-order chi connectivity index (χ0) is 18.4. The van der Waals surface area contributed by atoms with Crippen molar-refractivity contribution in [2.24, 2.45) is 0 Å². The Kier molecular flexibility index (Phi) is 6.14. The Bertz CT molecular complexity index is 398. The van der Waals surface area contributed by atoms with Crippen molar-refractivity contribution >= 4 is 40.5 Å². The van der Waals surface area contributed by atoms with E-state index in [-0.39, 0.29) is 0 Å². The summed E-state index contributed by atoms with van der Waals surface area (Å²) in [5.41, 5.74) is -5.91. The Morgan fingerprint density at radius 3 is 1.36 bits per heavy atom. The van der Waals surface area contributed by atoms with Crippen LogP contribution in [0.1, 0.15) is 6.42 Å². The minimum atomic E-state index is -6.68. The molecule has 0 aromatic rings. The van der Waals surface area contributed by atoms with Crippen LogP contribution in [0.25, 0.3) is 0 Å². The first kappa shape index (κ1) is 22.4. The minimum absolute atomic E-state index is 0.915. The lowest BCUT2D eigenvalue weighted by molar-refractivity contribution is -0.357. The molecule has 22 heavy (non-hydrogen) atoms. The summed E-state index contributed by atoms with van der Waals surface area (Å²) < 4.78 is 128. The van der Waals surface area contributed by atoms with E-state index >= 15 is 0 Å². The second-order valence-corrected chi connectivity index (χ2v) is 13.3. The van der Waals surface area contributed by atoms with Gasteiger partial charge in [0.05, 0.1) is 0 Å². The molecule has 2 atom stereocenters. The molecule has 2 unspecified atom stereocenters. The molecule has 0 rings (SSSR count). The van der Waals surface area contributed by atoms with Crippen LogP contribution in [0, 0.1) is 0 Å². The first-order valence-corrected chi connectivity index (χ1v) is 10.3. The van der Waals surface area contributed by atoms with Crippen LogP contribution in [0.2, 0.25) is 12.6 Å². The first-order valence-electron chi connectivity index (χ1n) is 5.16. The number of alkyl halides is 11. The highest BCUT2D eigenvalue weighted by Gasteiger charge is 2.84. The number of rotatable bonds is 5. The number of halogens is 13. The van der Waals surface area contributed by atoms with Gasteiger partial charge in [-0.2, -0.15) is 35.1 Å². The topological polar surface area (TPSA) is 0 Å². The molecule has 134 valence electrons. The zero-order valence-corrected chi connectivity index (χ0v) is 13.6. The van der Waals surface area contributed by atoms with E-state index in [9.17, 15) is 43.9 Å². The van der Waals surface area contributed by atoms with Gasteiger partial charge in [0.2, 0.25) is 6.69 Å². The molecule has 0 heterocycles. The Hall–Kier alpha value is 0.387. The van der Waals surface area contributed by atoms with Gasteiger partial charge in [0.15, 0.2) is 0 Å². The molecule has 0 saturated carbocycles. The van der Waals surface area contributed by atoms with Crippen molar-refractivity contribution in [3.8, 4) is 0 Å². The van der Waals surface area contributed by atoms with E-state index in [1.54, 1.807) is 0 Å². The van der Waals surface area contributed by atoms with Gasteiger partial charge >= 0.3 is 23.4 Å². The van der Waals surface area contributed by atoms with Crippen molar-refractivity contribution in [3.05, 3.63) is 0 Å². The predicted octanol–water partition coefficient (Wildman–Crippen LogP) is 6.30. The smallest absolute Gasteiger partial charge is 0.227 e. The summed E-state index contributed by atoms with van der Waals surface area (Å²) in [7, 11) is 0. The second-order valence-electron chi connectivity index (χ2n) is 4.52. The number of hydrogen-bond acceptors (Lipinski definition) is 0. The molecule has 0 aromatic heterocycles. The Morgan fingerprint density at radius 2 is 1.14 bits per heavy atom. The SMILES string of the molecule is C[Si](Cl)(Cl)CCC(F)(C(F)(F)F)C(F)(F)C(F)(Cl)C(F)(F)F. The van der Waals surface area contributed by atoms with Crippen molar-refractivity contribution in [1.82, 2.24) is 0 Å². The molecular formula is C8H7Cl3F10Si. The predicted molar refractivity (Wildman–Crippen MR) is 63.3 cm³/mol. The second kappa shape index (κ2) is 6.03. The van der Waals surface area contributed by atoms with Gasteiger partial charge < -0.3 is 0 Å². The first-order chi connectivity index (χ1) is 9.21. The van der Waals surface area contributed by atoms with E-state index in [0.717, 1.165) is 6.55 Å². The lowest BCUT2D eigenvalue weighted by Crippen LogP contribution is -2.67. The molecule has 0 fully saturated rings. The van der Waals surface area contributed by atoms with E-state index in [1.807, 2.05) is 0 Å². The Balaban J connectivity index is 6.01. The van der Waals surface area contributed by atoms with Gasteiger partial charge in [-0.1, -0.05) is 11.6 Å². The van der Waals surface area contributed by atoms with Crippen LogP contribution in [0.3, 0.4) is 0 Å². The van der Waals surface area contributed by atoms with Crippen LogP contribution >= 0.6 is 33.8 Å². The summed E-state index contributed by atoms with van der Waals surface area (Å²) in [5, 5.41) is -6.28. The normalized spacial score (nSPS) is 20.5.